The van der Waals surface area contributed by atoms with Gasteiger partial charge in [-0.25, -0.2) is 4.98 Å². The lowest BCUT2D eigenvalue weighted by Gasteiger charge is -1.97. The second-order valence-electron chi connectivity index (χ2n) is 2.53. The zero-order chi connectivity index (χ0) is 8.55. The summed E-state index contributed by atoms with van der Waals surface area (Å²) in [5.41, 5.74) is 1.04. The lowest BCUT2D eigenvalue weighted by molar-refractivity contribution is 0.684. The first-order chi connectivity index (χ1) is 5.81. The van der Waals surface area contributed by atoms with Gasteiger partial charge in [0, 0.05) is 24.2 Å². The summed E-state index contributed by atoms with van der Waals surface area (Å²) in [7, 11) is 0. The second-order valence-corrected chi connectivity index (χ2v) is 2.91. The normalized spacial score (nSPS) is 10.8. The third kappa shape index (κ3) is 1.06. The van der Waals surface area contributed by atoms with Gasteiger partial charge in [-0.3, -0.25) is 4.68 Å². The molecular formula is C8H8ClN3. The SMILES string of the molecule is CCn1ncc2cnc(Cl)cc21. The number of hydrogen-bond acceptors (Lipinski definition) is 2. The van der Waals surface area contributed by atoms with Crippen molar-refractivity contribution in [2.75, 3.05) is 0 Å². The van der Waals surface area contributed by atoms with Crippen molar-refractivity contribution >= 4 is 22.5 Å². The molecule has 2 aromatic rings. The minimum Gasteiger partial charge on any atom is -0.265 e. The molecule has 0 atom stereocenters. The fraction of sp³-hybridized carbons (Fsp3) is 0.250. The Morgan fingerprint density at radius 1 is 1.50 bits per heavy atom. The largest absolute Gasteiger partial charge is 0.265 e. The summed E-state index contributed by atoms with van der Waals surface area (Å²) >= 11 is 5.75. The summed E-state index contributed by atoms with van der Waals surface area (Å²) in [5, 5.41) is 5.71. The van der Waals surface area contributed by atoms with Crippen LogP contribution in [-0.4, -0.2) is 14.8 Å². The molecule has 0 unspecified atom stereocenters. The molecule has 0 fully saturated rings. The van der Waals surface area contributed by atoms with Gasteiger partial charge in [-0.1, -0.05) is 11.6 Å². The molecule has 3 nitrogen and oxygen atoms in total. The predicted molar refractivity (Wildman–Crippen MR) is 48.2 cm³/mol. The molecule has 2 heterocycles. The van der Waals surface area contributed by atoms with Crippen LogP contribution >= 0.6 is 11.6 Å². The minimum atomic E-state index is 0.512. The van der Waals surface area contributed by atoms with Crippen LogP contribution in [0.25, 0.3) is 10.9 Å². The highest BCUT2D eigenvalue weighted by molar-refractivity contribution is 6.29. The third-order valence-electron chi connectivity index (χ3n) is 1.79. The van der Waals surface area contributed by atoms with E-state index in [9.17, 15) is 0 Å². The van der Waals surface area contributed by atoms with Crippen molar-refractivity contribution < 1.29 is 0 Å². The molecular weight excluding hydrogens is 174 g/mol. The Kier molecular flexibility index (Phi) is 1.73. The number of fused-ring (bicyclic) bond motifs is 1. The molecule has 0 aromatic carbocycles. The first kappa shape index (κ1) is 7.55. The Bertz CT molecular complexity index is 408. The van der Waals surface area contributed by atoms with Crippen molar-refractivity contribution in [2.24, 2.45) is 0 Å². The number of rotatable bonds is 1. The summed E-state index contributed by atoms with van der Waals surface area (Å²) in [4.78, 5) is 3.97. The maximum Gasteiger partial charge on any atom is 0.131 e. The fourth-order valence-electron chi connectivity index (χ4n) is 1.20. The molecule has 0 bridgehead atoms. The fourth-order valence-corrected chi connectivity index (χ4v) is 1.35. The van der Waals surface area contributed by atoms with E-state index in [1.807, 2.05) is 17.7 Å². The van der Waals surface area contributed by atoms with E-state index >= 15 is 0 Å². The monoisotopic (exact) mass is 181 g/mol. The molecule has 0 aliphatic rings. The lowest BCUT2D eigenvalue weighted by atomic mass is 10.3. The third-order valence-corrected chi connectivity index (χ3v) is 2.00. The standard InChI is InChI=1S/C8H8ClN3/c1-2-12-7-3-8(9)10-4-6(7)5-11-12/h3-5H,2H2,1H3. The van der Waals surface area contributed by atoms with Gasteiger partial charge in [0.1, 0.15) is 5.15 Å². The van der Waals surface area contributed by atoms with Crippen LogP contribution in [0.1, 0.15) is 6.92 Å². The van der Waals surface area contributed by atoms with Gasteiger partial charge >= 0.3 is 0 Å². The molecule has 0 radical (unpaired) electrons. The van der Waals surface area contributed by atoms with E-state index in [1.54, 1.807) is 12.4 Å². The molecule has 0 amide bonds. The molecule has 0 aliphatic carbocycles. The first-order valence-electron chi connectivity index (χ1n) is 3.78. The molecule has 0 saturated carbocycles. The molecule has 2 rings (SSSR count). The van der Waals surface area contributed by atoms with Crippen molar-refractivity contribution in [2.45, 2.75) is 13.5 Å². The van der Waals surface area contributed by atoms with E-state index in [0.717, 1.165) is 17.4 Å². The topological polar surface area (TPSA) is 30.7 Å². The number of pyridine rings is 1. The van der Waals surface area contributed by atoms with E-state index in [2.05, 4.69) is 10.1 Å². The zero-order valence-electron chi connectivity index (χ0n) is 6.66. The molecule has 12 heavy (non-hydrogen) atoms. The van der Waals surface area contributed by atoms with Crippen LogP contribution in [0.15, 0.2) is 18.5 Å². The molecule has 4 heteroatoms. The van der Waals surface area contributed by atoms with E-state index in [1.165, 1.54) is 0 Å². The van der Waals surface area contributed by atoms with Crippen LogP contribution in [0, 0.1) is 0 Å². The lowest BCUT2D eigenvalue weighted by Crippen LogP contribution is -1.94. The summed E-state index contributed by atoms with van der Waals surface area (Å²) < 4.78 is 1.89. The highest BCUT2D eigenvalue weighted by atomic mass is 35.5. The van der Waals surface area contributed by atoms with Gasteiger partial charge in [-0.15, -0.1) is 0 Å². The average molecular weight is 182 g/mol. The first-order valence-corrected chi connectivity index (χ1v) is 4.16. The maximum atomic E-state index is 5.75. The number of aryl methyl sites for hydroxylation is 1. The van der Waals surface area contributed by atoms with E-state index < -0.39 is 0 Å². The summed E-state index contributed by atoms with van der Waals surface area (Å²) in [6.45, 7) is 2.89. The molecule has 0 spiro atoms. The minimum absolute atomic E-state index is 0.512. The average Bonchev–Trinajstić information content (AvgIpc) is 2.46. The van der Waals surface area contributed by atoms with Crippen LogP contribution in [0.2, 0.25) is 5.15 Å². The van der Waals surface area contributed by atoms with E-state index in [-0.39, 0.29) is 0 Å². The van der Waals surface area contributed by atoms with Gasteiger partial charge in [-0.05, 0) is 6.92 Å². The molecule has 0 saturated heterocycles. The Hall–Kier alpha value is -1.09. The smallest absolute Gasteiger partial charge is 0.131 e. The van der Waals surface area contributed by atoms with E-state index in [0.29, 0.717) is 5.15 Å². The van der Waals surface area contributed by atoms with Crippen LogP contribution in [0.3, 0.4) is 0 Å². The van der Waals surface area contributed by atoms with Crippen LogP contribution in [0.5, 0.6) is 0 Å². The number of nitrogens with zero attached hydrogens (tertiary/aromatic N) is 3. The van der Waals surface area contributed by atoms with Crippen LogP contribution < -0.4 is 0 Å². The molecule has 0 N–H and O–H groups in total. The predicted octanol–water partition coefficient (Wildman–Crippen LogP) is 2.10. The Morgan fingerprint density at radius 2 is 2.33 bits per heavy atom. The van der Waals surface area contributed by atoms with Crippen molar-refractivity contribution in [3.63, 3.8) is 0 Å². The Labute approximate surface area is 75.0 Å². The highest BCUT2D eigenvalue weighted by Gasteiger charge is 2.01. The van der Waals surface area contributed by atoms with Crippen molar-refractivity contribution in [3.8, 4) is 0 Å². The van der Waals surface area contributed by atoms with Crippen molar-refractivity contribution in [1.82, 2.24) is 14.8 Å². The second kappa shape index (κ2) is 2.75. The Morgan fingerprint density at radius 3 is 3.08 bits per heavy atom. The highest BCUT2D eigenvalue weighted by Crippen LogP contribution is 2.15. The molecule has 0 aliphatic heterocycles. The van der Waals surface area contributed by atoms with Gasteiger partial charge in [0.05, 0.1) is 11.7 Å². The summed E-state index contributed by atoms with van der Waals surface area (Å²) in [5.74, 6) is 0. The van der Waals surface area contributed by atoms with Crippen molar-refractivity contribution in [3.05, 3.63) is 23.6 Å². The van der Waals surface area contributed by atoms with Gasteiger partial charge < -0.3 is 0 Å². The maximum absolute atomic E-state index is 5.75. The summed E-state index contributed by atoms with van der Waals surface area (Å²) in [6.07, 6.45) is 3.53. The van der Waals surface area contributed by atoms with Crippen molar-refractivity contribution in [1.29, 1.82) is 0 Å². The number of aromatic nitrogens is 3. The number of hydrogen-bond donors (Lipinski definition) is 0. The zero-order valence-corrected chi connectivity index (χ0v) is 7.41. The molecule has 62 valence electrons. The van der Waals surface area contributed by atoms with Crippen LogP contribution in [-0.2, 0) is 6.54 Å². The van der Waals surface area contributed by atoms with Crippen LogP contribution in [0.4, 0.5) is 0 Å². The molecule has 2 aromatic heterocycles. The summed E-state index contributed by atoms with van der Waals surface area (Å²) in [6, 6.07) is 1.83. The van der Waals surface area contributed by atoms with E-state index in [4.69, 9.17) is 11.6 Å². The number of halogens is 1. The Balaban J connectivity index is 2.75. The quantitative estimate of drug-likeness (QED) is 0.631. The van der Waals surface area contributed by atoms with Gasteiger partial charge in [0.2, 0.25) is 0 Å². The van der Waals surface area contributed by atoms with Gasteiger partial charge in [-0.2, -0.15) is 5.10 Å². The van der Waals surface area contributed by atoms with Gasteiger partial charge in [0.25, 0.3) is 0 Å². The van der Waals surface area contributed by atoms with Gasteiger partial charge in [0.15, 0.2) is 0 Å².